The molecule has 1 aliphatic heterocycles. The van der Waals surface area contributed by atoms with Gasteiger partial charge in [-0.25, -0.2) is 0 Å². The molecule has 59 valence electrons. The van der Waals surface area contributed by atoms with Gasteiger partial charge >= 0.3 is 0 Å². The first-order valence-corrected chi connectivity index (χ1v) is 4.38. The molecule has 0 amide bonds. The lowest BCUT2D eigenvalue weighted by Crippen LogP contribution is -2.19. The Labute approximate surface area is 63.8 Å². The van der Waals surface area contributed by atoms with E-state index in [1.165, 1.54) is 32.1 Å². The molecule has 0 unspecified atom stereocenters. The first-order valence-electron chi connectivity index (χ1n) is 4.38. The smallest absolute Gasteiger partial charge is 0.0606 e. The first kappa shape index (κ1) is 8.06. The van der Waals surface area contributed by atoms with E-state index in [1.807, 2.05) is 0 Å². The average molecular weight is 141 g/mol. The Bertz CT molecular complexity index is 74.8. The minimum absolute atomic E-state index is 0.480. The fourth-order valence-corrected chi connectivity index (χ4v) is 1.30. The zero-order valence-corrected chi connectivity index (χ0v) is 6.81. The summed E-state index contributed by atoms with van der Waals surface area (Å²) in [6.07, 6.45) is 9.11. The van der Waals surface area contributed by atoms with Crippen LogP contribution < -0.4 is 0 Å². The summed E-state index contributed by atoms with van der Waals surface area (Å²) < 4.78 is 5.52. The Balaban J connectivity index is 2.02. The van der Waals surface area contributed by atoms with Crippen LogP contribution in [0.4, 0.5) is 0 Å². The minimum Gasteiger partial charge on any atom is -0.378 e. The molecule has 1 fully saturated rings. The topological polar surface area (TPSA) is 9.23 Å². The third-order valence-electron chi connectivity index (χ3n) is 1.95. The van der Waals surface area contributed by atoms with Gasteiger partial charge in [-0.1, -0.05) is 19.8 Å². The highest BCUT2D eigenvalue weighted by Crippen LogP contribution is 2.16. The summed E-state index contributed by atoms with van der Waals surface area (Å²) in [5.41, 5.74) is 0. The van der Waals surface area contributed by atoms with Crippen LogP contribution in [0.5, 0.6) is 0 Å². The van der Waals surface area contributed by atoms with Crippen LogP contribution in [0.15, 0.2) is 0 Å². The van der Waals surface area contributed by atoms with Crippen LogP contribution in [-0.4, -0.2) is 12.7 Å². The lowest BCUT2D eigenvalue weighted by molar-refractivity contribution is 0.0428. The molecule has 1 heterocycles. The van der Waals surface area contributed by atoms with Crippen molar-refractivity contribution in [2.24, 2.45) is 0 Å². The molecule has 0 aromatic rings. The molecule has 1 rings (SSSR count). The van der Waals surface area contributed by atoms with Crippen LogP contribution in [-0.2, 0) is 4.74 Å². The fourth-order valence-electron chi connectivity index (χ4n) is 1.30. The van der Waals surface area contributed by atoms with Crippen LogP contribution in [0, 0.1) is 6.42 Å². The van der Waals surface area contributed by atoms with E-state index >= 15 is 0 Å². The van der Waals surface area contributed by atoms with Gasteiger partial charge in [-0.3, -0.25) is 0 Å². The van der Waals surface area contributed by atoms with Gasteiger partial charge in [-0.05, 0) is 25.7 Å². The van der Waals surface area contributed by atoms with Crippen molar-refractivity contribution in [3.8, 4) is 0 Å². The molecule has 1 radical (unpaired) electrons. The third kappa shape index (κ3) is 2.70. The Hall–Kier alpha value is -0.0400. The predicted octanol–water partition coefficient (Wildman–Crippen LogP) is 2.56. The molecule has 0 aromatic heterocycles. The zero-order valence-electron chi connectivity index (χ0n) is 6.81. The van der Waals surface area contributed by atoms with E-state index in [4.69, 9.17) is 4.74 Å². The van der Waals surface area contributed by atoms with Gasteiger partial charge in [0.15, 0.2) is 0 Å². The summed E-state index contributed by atoms with van der Waals surface area (Å²) in [5.74, 6) is 0. The molecule has 0 aromatic carbocycles. The standard InChI is InChI=1S/C9H17O/c1-2-3-6-9-7-4-5-8-10-9/h7,9H,2-6,8H2,1H3/t9-/m1/s1. The van der Waals surface area contributed by atoms with E-state index in [2.05, 4.69) is 13.3 Å². The molecule has 1 heteroatoms. The SMILES string of the molecule is CCCC[C@@H]1[CH]CCCO1. The van der Waals surface area contributed by atoms with Crippen molar-refractivity contribution in [3.63, 3.8) is 0 Å². The number of rotatable bonds is 3. The molecule has 0 N–H and O–H groups in total. The largest absolute Gasteiger partial charge is 0.378 e. The van der Waals surface area contributed by atoms with Gasteiger partial charge in [0, 0.05) is 6.61 Å². The van der Waals surface area contributed by atoms with E-state index in [-0.39, 0.29) is 0 Å². The van der Waals surface area contributed by atoms with Crippen LogP contribution in [0.25, 0.3) is 0 Å². The molecule has 0 bridgehead atoms. The van der Waals surface area contributed by atoms with Crippen molar-refractivity contribution in [2.75, 3.05) is 6.61 Å². The summed E-state index contributed by atoms with van der Waals surface area (Å²) in [5, 5.41) is 0. The summed E-state index contributed by atoms with van der Waals surface area (Å²) in [6.45, 7) is 3.20. The van der Waals surface area contributed by atoms with Crippen molar-refractivity contribution < 1.29 is 4.74 Å². The summed E-state index contributed by atoms with van der Waals surface area (Å²) >= 11 is 0. The Morgan fingerprint density at radius 3 is 3.10 bits per heavy atom. The normalized spacial score (nSPS) is 26.7. The van der Waals surface area contributed by atoms with Crippen LogP contribution in [0.1, 0.15) is 39.0 Å². The van der Waals surface area contributed by atoms with Crippen LogP contribution in [0.2, 0.25) is 0 Å². The number of hydrogen-bond acceptors (Lipinski definition) is 1. The fraction of sp³-hybridized carbons (Fsp3) is 0.889. The van der Waals surface area contributed by atoms with Gasteiger partial charge in [0.1, 0.15) is 0 Å². The maximum absolute atomic E-state index is 5.52. The molecule has 0 saturated carbocycles. The van der Waals surface area contributed by atoms with E-state index in [0.717, 1.165) is 6.61 Å². The Morgan fingerprint density at radius 1 is 1.60 bits per heavy atom. The summed E-state index contributed by atoms with van der Waals surface area (Å²) in [4.78, 5) is 0. The first-order chi connectivity index (χ1) is 4.93. The molecular weight excluding hydrogens is 124 g/mol. The van der Waals surface area contributed by atoms with Crippen molar-refractivity contribution in [2.45, 2.75) is 45.1 Å². The maximum Gasteiger partial charge on any atom is 0.0606 e. The van der Waals surface area contributed by atoms with Gasteiger partial charge < -0.3 is 4.74 Å². The van der Waals surface area contributed by atoms with Crippen LogP contribution >= 0.6 is 0 Å². The molecule has 0 spiro atoms. The monoisotopic (exact) mass is 141 g/mol. The second-order valence-electron chi connectivity index (χ2n) is 2.93. The van der Waals surface area contributed by atoms with E-state index < -0.39 is 0 Å². The highest BCUT2D eigenvalue weighted by atomic mass is 16.5. The molecule has 1 aliphatic rings. The van der Waals surface area contributed by atoms with Gasteiger partial charge in [-0.15, -0.1) is 0 Å². The van der Waals surface area contributed by atoms with Crippen molar-refractivity contribution in [1.82, 2.24) is 0 Å². The highest BCUT2D eigenvalue weighted by Gasteiger charge is 2.12. The van der Waals surface area contributed by atoms with Gasteiger partial charge in [-0.2, -0.15) is 0 Å². The molecule has 1 nitrogen and oxygen atoms in total. The second-order valence-corrected chi connectivity index (χ2v) is 2.93. The summed E-state index contributed by atoms with van der Waals surface area (Å²) in [7, 11) is 0. The number of ether oxygens (including phenoxy) is 1. The molecule has 0 aliphatic carbocycles. The number of unbranched alkanes of at least 4 members (excludes halogenated alkanes) is 1. The van der Waals surface area contributed by atoms with Crippen LogP contribution in [0.3, 0.4) is 0 Å². The van der Waals surface area contributed by atoms with Gasteiger partial charge in [0.25, 0.3) is 0 Å². The molecular formula is C9H17O. The lowest BCUT2D eigenvalue weighted by Gasteiger charge is -2.21. The number of hydrogen-bond donors (Lipinski definition) is 0. The molecule has 1 saturated heterocycles. The van der Waals surface area contributed by atoms with Gasteiger partial charge in [0.2, 0.25) is 0 Å². The minimum atomic E-state index is 0.480. The summed E-state index contributed by atoms with van der Waals surface area (Å²) in [6, 6.07) is 0. The predicted molar refractivity (Wildman–Crippen MR) is 42.8 cm³/mol. The lowest BCUT2D eigenvalue weighted by atomic mass is 10.0. The Morgan fingerprint density at radius 2 is 2.50 bits per heavy atom. The van der Waals surface area contributed by atoms with E-state index in [9.17, 15) is 0 Å². The van der Waals surface area contributed by atoms with Crippen molar-refractivity contribution in [1.29, 1.82) is 0 Å². The average Bonchev–Trinajstić information content (AvgIpc) is 2.03. The highest BCUT2D eigenvalue weighted by molar-refractivity contribution is 4.80. The zero-order chi connectivity index (χ0) is 7.23. The van der Waals surface area contributed by atoms with E-state index in [0.29, 0.717) is 6.10 Å². The molecule has 10 heavy (non-hydrogen) atoms. The third-order valence-corrected chi connectivity index (χ3v) is 1.95. The maximum atomic E-state index is 5.52. The Kier molecular flexibility index (Phi) is 3.81. The van der Waals surface area contributed by atoms with Crippen molar-refractivity contribution in [3.05, 3.63) is 6.42 Å². The molecule has 1 atom stereocenters. The second kappa shape index (κ2) is 4.73. The van der Waals surface area contributed by atoms with Crippen molar-refractivity contribution >= 4 is 0 Å². The van der Waals surface area contributed by atoms with E-state index in [1.54, 1.807) is 0 Å². The van der Waals surface area contributed by atoms with Gasteiger partial charge in [0.05, 0.1) is 6.10 Å². The quantitative estimate of drug-likeness (QED) is 0.587.